The van der Waals surface area contributed by atoms with Crippen LogP contribution in [0.5, 0.6) is 0 Å². The third-order valence-electron chi connectivity index (χ3n) is 4.28. The van der Waals surface area contributed by atoms with E-state index in [-0.39, 0.29) is 5.25 Å². The number of thiophene rings is 1. The Balaban J connectivity index is 1.85. The maximum absolute atomic E-state index is 13.1. The number of nitrogens with one attached hydrogen (secondary N) is 1. The van der Waals surface area contributed by atoms with Crippen LogP contribution in [0.2, 0.25) is 4.34 Å². The van der Waals surface area contributed by atoms with Gasteiger partial charge >= 0.3 is 0 Å². The lowest BCUT2D eigenvalue weighted by atomic mass is 10.1. The maximum atomic E-state index is 13.1. The Morgan fingerprint density at radius 1 is 1.25 bits per heavy atom. The molecule has 1 fully saturated rings. The summed E-state index contributed by atoms with van der Waals surface area (Å²) >= 11 is 7.57. The van der Waals surface area contributed by atoms with Crippen molar-refractivity contribution in [2.24, 2.45) is 0 Å². The average molecular weight is 379 g/mol. The lowest BCUT2D eigenvalue weighted by molar-refractivity contribution is 0.519. The first-order valence-corrected chi connectivity index (χ1v) is 10.5. The zero-order chi connectivity index (χ0) is 16.9. The Bertz CT molecular complexity index is 776. The molecule has 1 aliphatic rings. The second kappa shape index (κ2) is 8.26. The minimum atomic E-state index is -1.13. The van der Waals surface area contributed by atoms with E-state index in [9.17, 15) is 9.47 Å². The second-order valence-corrected chi connectivity index (χ2v) is 9.33. The van der Waals surface area contributed by atoms with Gasteiger partial charge in [0.05, 0.1) is 25.6 Å². The molecular formula is C18H19ClN2OS2. The van der Waals surface area contributed by atoms with E-state index in [1.54, 1.807) is 17.4 Å². The first-order valence-electron chi connectivity index (χ1n) is 8.06. The van der Waals surface area contributed by atoms with Gasteiger partial charge in [-0.25, -0.2) is 0 Å². The highest BCUT2D eigenvalue weighted by molar-refractivity contribution is 7.85. The van der Waals surface area contributed by atoms with Crippen LogP contribution in [0.3, 0.4) is 0 Å². The Labute approximate surface area is 154 Å². The van der Waals surface area contributed by atoms with E-state index in [2.05, 4.69) is 11.4 Å². The molecule has 24 heavy (non-hydrogen) atoms. The van der Waals surface area contributed by atoms with E-state index in [0.717, 1.165) is 53.6 Å². The summed E-state index contributed by atoms with van der Waals surface area (Å²) in [7, 11) is -1.13. The van der Waals surface area contributed by atoms with E-state index in [1.807, 2.05) is 24.3 Å². The molecule has 1 aromatic carbocycles. The van der Waals surface area contributed by atoms with Crippen LogP contribution in [0.25, 0.3) is 0 Å². The van der Waals surface area contributed by atoms with Crippen LogP contribution in [0.4, 0.5) is 0 Å². The van der Waals surface area contributed by atoms with Crippen LogP contribution in [-0.2, 0) is 23.6 Å². The fourth-order valence-corrected chi connectivity index (χ4v) is 5.87. The molecule has 3 rings (SSSR count). The number of hydrogen-bond acceptors (Lipinski definition) is 4. The van der Waals surface area contributed by atoms with Gasteiger partial charge in [0.2, 0.25) is 0 Å². The predicted octanol–water partition coefficient (Wildman–Crippen LogP) is 3.92. The topological polar surface area (TPSA) is 52.9 Å². The van der Waals surface area contributed by atoms with E-state index in [0.29, 0.717) is 5.56 Å². The molecule has 0 amide bonds. The highest BCUT2D eigenvalue weighted by Crippen LogP contribution is 2.28. The summed E-state index contributed by atoms with van der Waals surface area (Å²) in [5, 5.41) is 12.9. The summed E-state index contributed by atoms with van der Waals surface area (Å²) in [5.74, 6) is 0. The summed E-state index contributed by atoms with van der Waals surface area (Å²) < 4.78 is 13.9. The van der Waals surface area contributed by atoms with E-state index >= 15 is 0 Å². The lowest BCUT2D eigenvalue weighted by Crippen LogP contribution is -2.33. The number of nitrogens with zero attached hydrogens (tertiary/aromatic N) is 1. The molecule has 0 saturated carbocycles. The third kappa shape index (κ3) is 4.07. The Kier molecular flexibility index (Phi) is 6.07. The fourth-order valence-electron chi connectivity index (χ4n) is 3.03. The first-order chi connectivity index (χ1) is 11.7. The summed E-state index contributed by atoms with van der Waals surface area (Å²) in [6, 6.07) is 11.8. The molecule has 1 unspecified atom stereocenters. The Hall–Kier alpha value is -1.19. The maximum Gasteiger partial charge on any atom is 0.100 e. The van der Waals surface area contributed by atoms with Crippen molar-refractivity contribution >= 4 is 33.7 Å². The molecule has 0 bridgehead atoms. The third-order valence-corrected chi connectivity index (χ3v) is 7.53. The molecule has 1 N–H and O–H groups in total. The van der Waals surface area contributed by atoms with Gasteiger partial charge < -0.3 is 5.32 Å². The van der Waals surface area contributed by atoms with Crippen LogP contribution in [0, 0.1) is 11.3 Å². The molecule has 1 saturated heterocycles. The van der Waals surface area contributed by atoms with Crippen molar-refractivity contribution in [3.05, 3.63) is 50.7 Å². The van der Waals surface area contributed by atoms with Gasteiger partial charge in [0.15, 0.2) is 0 Å². The molecule has 1 aliphatic heterocycles. The molecule has 2 aromatic rings. The standard InChI is InChI=1S/C18H19ClN2OS2/c19-17-7-6-15(23-17)5-4-13-2-1-3-14(12-20)18(13)24(22)16-8-10-21-11-9-16/h1-3,6-7,16,21H,4-5,8-11H2. The number of hydrogen-bond donors (Lipinski definition) is 1. The molecule has 3 nitrogen and oxygen atoms in total. The Morgan fingerprint density at radius 3 is 2.71 bits per heavy atom. The van der Waals surface area contributed by atoms with Crippen LogP contribution in [-0.4, -0.2) is 22.5 Å². The molecule has 126 valence electrons. The summed E-state index contributed by atoms with van der Waals surface area (Å²) in [6.45, 7) is 1.79. The van der Waals surface area contributed by atoms with E-state index in [1.165, 1.54) is 4.88 Å². The SMILES string of the molecule is N#Cc1cccc(CCc2ccc(Cl)s2)c1S(=O)C1CCNCC1. The smallest absolute Gasteiger partial charge is 0.100 e. The molecule has 1 aromatic heterocycles. The van der Waals surface area contributed by atoms with Gasteiger partial charge in [-0.3, -0.25) is 4.21 Å². The van der Waals surface area contributed by atoms with Crippen molar-refractivity contribution in [3.63, 3.8) is 0 Å². The molecule has 2 heterocycles. The van der Waals surface area contributed by atoms with Crippen molar-refractivity contribution in [2.45, 2.75) is 35.8 Å². The summed E-state index contributed by atoms with van der Waals surface area (Å²) in [5.41, 5.74) is 1.57. The molecule has 0 radical (unpaired) electrons. The van der Waals surface area contributed by atoms with Gasteiger partial charge in [-0.05, 0) is 62.5 Å². The molecule has 6 heteroatoms. The van der Waals surface area contributed by atoms with Crippen LogP contribution >= 0.6 is 22.9 Å². The zero-order valence-electron chi connectivity index (χ0n) is 13.3. The number of nitriles is 1. The fraction of sp³-hybridized carbons (Fsp3) is 0.389. The van der Waals surface area contributed by atoms with Crippen molar-refractivity contribution in [3.8, 4) is 6.07 Å². The van der Waals surface area contributed by atoms with E-state index in [4.69, 9.17) is 11.6 Å². The molecule has 0 spiro atoms. The van der Waals surface area contributed by atoms with Crippen LogP contribution < -0.4 is 5.32 Å². The normalized spacial score (nSPS) is 16.7. The summed E-state index contributed by atoms with van der Waals surface area (Å²) in [6.07, 6.45) is 3.42. The molecule has 0 aliphatic carbocycles. The van der Waals surface area contributed by atoms with E-state index < -0.39 is 10.8 Å². The van der Waals surface area contributed by atoms with Crippen molar-refractivity contribution < 1.29 is 4.21 Å². The first kappa shape index (κ1) is 17.6. The lowest BCUT2D eigenvalue weighted by Gasteiger charge is -2.23. The number of piperidine rings is 1. The van der Waals surface area contributed by atoms with Crippen molar-refractivity contribution in [2.75, 3.05) is 13.1 Å². The highest BCUT2D eigenvalue weighted by atomic mass is 35.5. The number of rotatable bonds is 5. The zero-order valence-corrected chi connectivity index (χ0v) is 15.6. The molecule has 1 atom stereocenters. The molecular weight excluding hydrogens is 360 g/mol. The van der Waals surface area contributed by atoms with Gasteiger partial charge in [0.25, 0.3) is 0 Å². The highest BCUT2D eigenvalue weighted by Gasteiger charge is 2.25. The predicted molar refractivity (Wildman–Crippen MR) is 100 cm³/mol. The minimum absolute atomic E-state index is 0.135. The van der Waals surface area contributed by atoms with Crippen molar-refractivity contribution in [1.82, 2.24) is 5.32 Å². The van der Waals surface area contributed by atoms with Gasteiger partial charge in [-0.2, -0.15) is 5.26 Å². The quantitative estimate of drug-likeness (QED) is 0.857. The number of aryl methyl sites for hydroxylation is 2. The number of benzene rings is 1. The summed E-state index contributed by atoms with van der Waals surface area (Å²) in [4.78, 5) is 1.95. The monoisotopic (exact) mass is 378 g/mol. The average Bonchev–Trinajstić information content (AvgIpc) is 3.05. The second-order valence-electron chi connectivity index (χ2n) is 5.86. The van der Waals surface area contributed by atoms with Crippen LogP contribution in [0.15, 0.2) is 35.2 Å². The largest absolute Gasteiger partial charge is 0.317 e. The van der Waals surface area contributed by atoms with Gasteiger partial charge in [0.1, 0.15) is 6.07 Å². The Morgan fingerprint density at radius 2 is 2.04 bits per heavy atom. The minimum Gasteiger partial charge on any atom is -0.317 e. The van der Waals surface area contributed by atoms with Gasteiger partial charge in [0, 0.05) is 10.1 Å². The number of halogens is 1. The van der Waals surface area contributed by atoms with Gasteiger partial charge in [-0.1, -0.05) is 23.7 Å². The van der Waals surface area contributed by atoms with Gasteiger partial charge in [-0.15, -0.1) is 11.3 Å². The van der Waals surface area contributed by atoms with Crippen LogP contribution in [0.1, 0.15) is 28.8 Å². The van der Waals surface area contributed by atoms with Crippen molar-refractivity contribution in [1.29, 1.82) is 5.26 Å².